The predicted octanol–water partition coefficient (Wildman–Crippen LogP) is 1.53. The second-order valence-corrected chi connectivity index (χ2v) is 4.66. The van der Waals surface area contributed by atoms with Crippen LogP contribution in [0.25, 0.3) is 0 Å². The molecule has 0 saturated carbocycles. The van der Waals surface area contributed by atoms with Crippen molar-refractivity contribution in [3.05, 3.63) is 0 Å². The quantitative estimate of drug-likeness (QED) is 0.471. The SMILES string of the molecule is CCCCCCCC(O)COS(=O)(=O)O. The van der Waals surface area contributed by atoms with Crippen LogP contribution in [-0.4, -0.2) is 30.8 Å². The average molecular weight is 240 g/mol. The lowest BCUT2D eigenvalue weighted by Crippen LogP contribution is -2.18. The Balaban J connectivity index is 3.37. The van der Waals surface area contributed by atoms with Gasteiger partial charge in [0.1, 0.15) is 0 Å². The third kappa shape index (κ3) is 11.8. The molecule has 0 aliphatic carbocycles. The summed E-state index contributed by atoms with van der Waals surface area (Å²) in [5.41, 5.74) is 0. The highest BCUT2D eigenvalue weighted by Crippen LogP contribution is 2.07. The summed E-state index contributed by atoms with van der Waals surface area (Å²) in [6.07, 6.45) is 5.01. The minimum absolute atomic E-state index is 0.368. The van der Waals surface area contributed by atoms with Crippen molar-refractivity contribution in [2.24, 2.45) is 0 Å². The van der Waals surface area contributed by atoms with Gasteiger partial charge in [0.2, 0.25) is 0 Å². The summed E-state index contributed by atoms with van der Waals surface area (Å²) in [7, 11) is -4.42. The van der Waals surface area contributed by atoms with Gasteiger partial charge in [0.25, 0.3) is 0 Å². The van der Waals surface area contributed by atoms with Gasteiger partial charge in [0, 0.05) is 0 Å². The number of aliphatic hydroxyl groups is 1. The van der Waals surface area contributed by atoms with Crippen LogP contribution in [0.3, 0.4) is 0 Å². The minimum Gasteiger partial charge on any atom is -0.391 e. The summed E-state index contributed by atoms with van der Waals surface area (Å²) < 4.78 is 32.6. The Morgan fingerprint density at radius 1 is 1.20 bits per heavy atom. The summed E-state index contributed by atoms with van der Waals surface area (Å²) in [5, 5.41) is 9.27. The molecule has 92 valence electrons. The molecule has 1 unspecified atom stereocenters. The molecule has 15 heavy (non-hydrogen) atoms. The first-order chi connectivity index (χ1) is 6.95. The molecule has 0 aromatic carbocycles. The van der Waals surface area contributed by atoms with Crippen molar-refractivity contribution in [3.8, 4) is 0 Å². The zero-order valence-corrected chi connectivity index (χ0v) is 9.87. The fourth-order valence-corrected chi connectivity index (χ4v) is 1.56. The van der Waals surface area contributed by atoms with Gasteiger partial charge >= 0.3 is 10.4 Å². The van der Waals surface area contributed by atoms with Gasteiger partial charge in [-0.1, -0.05) is 39.0 Å². The normalized spacial score (nSPS) is 14.1. The lowest BCUT2D eigenvalue weighted by atomic mass is 10.1. The second-order valence-electron chi connectivity index (χ2n) is 3.57. The van der Waals surface area contributed by atoms with Crippen LogP contribution in [0.1, 0.15) is 45.4 Å². The molecule has 0 heterocycles. The lowest BCUT2D eigenvalue weighted by molar-refractivity contribution is 0.0935. The van der Waals surface area contributed by atoms with Crippen molar-refractivity contribution in [3.63, 3.8) is 0 Å². The largest absolute Gasteiger partial charge is 0.397 e. The molecule has 2 N–H and O–H groups in total. The molecule has 1 atom stereocenters. The van der Waals surface area contributed by atoms with E-state index in [2.05, 4.69) is 11.1 Å². The Morgan fingerprint density at radius 3 is 2.33 bits per heavy atom. The number of unbranched alkanes of at least 4 members (excludes halogenated alkanes) is 4. The van der Waals surface area contributed by atoms with E-state index in [0.717, 1.165) is 25.7 Å². The average Bonchev–Trinajstić information content (AvgIpc) is 2.13. The maximum absolute atomic E-state index is 10.2. The first-order valence-electron chi connectivity index (χ1n) is 5.25. The van der Waals surface area contributed by atoms with Crippen molar-refractivity contribution >= 4 is 10.4 Å². The van der Waals surface area contributed by atoms with Gasteiger partial charge in [0.15, 0.2) is 0 Å². The molecule has 0 bridgehead atoms. The summed E-state index contributed by atoms with van der Waals surface area (Å²) in [6.45, 7) is 1.75. The highest BCUT2D eigenvalue weighted by molar-refractivity contribution is 7.80. The zero-order chi connectivity index (χ0) is 11.7. The fourth-order valence-electron chi connectivity index (χ4n) is 1.23. The molecular formula is C9H20O5S. The van der Waals surface area contributed by atoms with Gasteiger partial charge in [-0.25, -0.2) is 4.18 Å². The van der Waals surface area contributed by atoms with Gasteiger partial charge in [-0.05, 0) is 6.42 Å². The van der Waals surface area contributed by atoms with E-state index in [4.69, 9.17) is 4.55 Å². The van der Waals surface area contributed by atoms with E-state index in [1.54, 1.807) is 0 Å². The third-order valence-corrected chi connectivity index (χ3v) is 2.48. The van der Waals surface area contributed by atoms with Crippen molar-refractivity contribution in [1.82, 2.24) is 0 Å². The summed E-state index contributed by atoms with van der Waals surface area (Å²) in [6, 6.07) is 0. The Hall–Kier alpha value is -0.170. The smallest absolute Gasteiger partial charge is 0.391 e. The predicted molar refractivity (Wildman–Crippen MR) is 56.9 cm³/mol. The Bertz CT molecular complexity index is 237. The third-order valence-electron chi connectivity index (χ3n) is 2.05. The van der Waals surface area contributed by atoms with E-state index in [1.807, 2.05) is 0 Å². The van der Waals surface area contributed by atoms with E-state index >= 15 is 0 Å². The van der Waals surface area contributed by atoms with E-state index in [9.17, 15) is 13.5 Å². The standard InChI is InChI=1S/C9H20O5S/c1-2-3-4-5-6-7-9(10)8-14-15(11,12)13/h9-10H,2-8H2,1H3,(H,11,12,13). The van der Waals surface area contributed by atoms with E-state index < -0.39 is 16.5 Å². The molecule has 0 aromatic heterocycles. The molecule has 5 nitrogen and oxygen atoms in total. The van der Waals surface area contributed by atoms with Crippen LogP contribution in [0.4, 0.5) is 0 Å². The number of hydrogen-bond acceptors (Lipinski definition) is 4. The lowest BCUT2D eigenvalue weighted by Gasteiger charge is -2.08. The molecule has 6 heteroatoms. The number of hydrogen-bond donors (Lipinski definition) is 2. The molecule has 0 saturated heterocycles. The second kappa shape index (κ2) is 8.04. The van der Waals surface area contributed by atoms with Crippen molar-refractivity contribution in [2.75, 3.05) is 6.61 Å². The Morgan fingerprint density at radius 2 is 1.80 bits per heavy atom. The molecule has 0 fully saturated rings. The maximum atomic E-state index is 10.2. The van der Waals surface area contributed by atoms with Crippen LogP contribution in [0.2, 0.25) is 0 Å². The van der Waals surface area contributed by atoms with Gasteiger partial charge in [-0.2, -0.15) is 8.42 Å². The number of rotatable bonds is 9. The fraction of sp³-hybridized carbons (Fsp3) is 1.00. The van der Waals surface area contributed by atoms with E-state index in [0.29, 0.717) is 6.42 Å². The van der Waals surface area contributed by atoms with Crippen LogP contribution >= 0.6 is 0 Å². The van der Waals surface area contributed by atoms with Crippen molar-refractivity contribution < 1.29 is 22.3 Å². The molecule has 0 spiro atoms. The highest BCUT2D eigenvalue weighted by atomic mass is 32.3. The highest BCUT2D eigenvalue weighted by Gasteiger charge is 2.10. The summed E-state index contributed by atoms with van der Waals surface area (Å²) in [5.74, 6) is 0. The van der Waals surface area contributed by atoms with Crippen LogP contribution in [0.15, 0.2) is 0 Å². The van der Waals surface area contributed by atoms with Crippen molar-refractivity contribution in [2.45, 2.75) is 51.6 Å². The number of aliphatic hydroxyl groups excluding tert-OH is 1. The first-order valence-corrected chi connectivity index (χ1v) is 6.62. The van der Waals surface area contributed by atoms with Crippen LogP contribution in [0.5, 0.6) is 0 Å². The van der Waals surface area contributed by atoms with Crippen LogP contribution in [0, 0.1) is 0 Å². The molecule has 0 amide bonds. The Kier molecular flexibility index (Phi) is 7.95. The molecule has 0 radical (unpaired) electrons. The topological polar surface area (TPSA) is 83.8 Å². The van der Waals surface area contributed by atoms with Crippen LogP contribution in [-0.2, 0) is 14.6 Å². The molecule has 0 aliphatic rings. The van der Waals surface area contributed by atoms with Gasteiger partial charge in [0.05, 0.1) is 12.7 Å². The summed E-state index contributed by atoms with van der Waals surface area (Å²) in [4.78, 5) is 0. The van der Waals surface area contributed by atoms with Gasteiger partial charge < -0.3 is 5.11 Å². The van der Waals surface area contributed by atoms with Gasteiger partial charge in [-0.3, -0.25) is 4.55 Å². The van der Waals surface area contributed by atoms with Gasteiger partial charge in [-0.15, -0.1) is 0 Å². The molecule has 0 aliphatic heterocycles. The Labute approximate surface area is 91.4 Å². The monoisotopic (exact) mass is 240 g/mol. The molecule has 0 rings (SSSR count). The van der Waals surface area contributed by atoms with Crippen molar-refractivity contribution in [1.29, 1.82) is 0 Å². The first kappa shape index (κ1) is 14.8. The zero-order valence-electron chi connectivity index (χ0n) is 9.05. The van der Waals surface area contributed by atoms with Crippen LogP contribution < -0.4 is 0 Å². The van der Waals surface area contributed by atoms with E-state index in [-0.39, 0.29) is 6.61 Å². The van der Waals surface area contributed by atoms with E-state index in [1.165, 1.54) is 6.42 Å². The maximum Gasteiger partial charge on any atom is 0.397 e. The minimum atomic E-state index is -4.42. The molecular weight excluding hydrogens is 220 g/mol. The molecule has 0 aromatic rings. The summed E-state index contributed by atoms with van der Waals surface area (Å²) >= 11 is 0.